The molecule has 0 spiro atoms. The molecule has 4 aromatic heterocycles. The van der Waals surface area contributed by atoms with E-state index in [1.54, 1.807) is 35.5 Å². The van der Waals surface area contributed by atoms with E-state index in [-0.39, 0.29) is 0 Å². The van der Waals surface area contributed by atoms with Crippen LogP contribution in [-0.2, 0) is 11.3 Å². The molecule has 11 nitrogen and oxygen atoms in total. The van der Waals surface area contributed by atoms with E-state index in [1.807, 2.05) is 6.07 Å². The molecule has 1 aromatic carbocycles. The van der Waals surface area contributed by atoms with Gasteiger partial charge in [0.1, 0.15) is 5.82 Å². The van der Waals surface area contributed by atoms with Crippen molar-refractivity contribution in [2.45, 2.75) is 6.54 Å². The van der Waals surface area contributed by atoms with Crippen LogP contribution in [0.4, 0.5) is 11.5 Å². The number of hydrogen-bond donors (Lipinski definition) is 3. The molecule has 3 N–H and O–H groups in total. The maximum Gasteiger partial charge on any atom is 0.252 e. The Bertz CT molecular complexity index is 1370. The van der Waals surface area contributed by atoms with Gasteiger partial charge < -0.3 is 15.0 Å². The van der Waals surface area contributed by atoms with E-state index in [0.29, 0.717) is 23.3 Å². The predicted octanol–water partition coefficient (Wildman–Crippen LogP) is 2.50. The number of imidazole rings is 1. The SMILES string of the molecule is c1cnn(-c2nccc(Nc3c[nH]nc3-c3nc4cc(CN5CCOCC5)ccc4[nH]3)n2)c1. The molecule has 5 heterocycles. The Morgan fingerprint density at radius 2 is 2.03 bits per heavy atom. The molecule has 0 radical (unpaired) electrons. The number of anilines is 2. The van der Waals surface area contributed by atoms with Gasteiger partial charge in [-0.25, -0.2) is 14.6 Å². The lowest BCUT2D eigenvalue weighted by Crippen LogP contribution is -2.35. The largest absolute Gasteiger partial charge is 0.379 e. The Morgan fingerprint density at radius 1 is 1.09 bits per heavy atom. The summed E-state index contributed by atoms with van der Waals surface area (Å²) >= 11 is 0. The number of benzene rings is 1. The van der Waals surface area contributed by atoms with Crippen molar-refractivity contribution in [3.05, 3.63) is 60.7 Å². The zero-order valence-electron chi connectivity index (χ0n) is 17.8. The minimum Gasteiger partial charge on any atom is -0.379 e. The molecule has 1 aliphatic rings. The Balaban J connectivity index is 1.25. The number of hydrogen-bond acceptors (Lipinski definition) is 8. The van der Waals surface area contributed by atoms with Crippen LogP contribution in [0.1, 0.15) is 5.56 Å². The summed E-state index contributed by atoms with van der Waals surface area (Å²) in [4.78, 5) is 19.4. The predicted molar refractivity (Wildman–Crippen MR) is 122 cm³/mol. The molecular formula is C22H22N10O. The molecule has 1 fully saturated rings. The minimum atomic E-state index is 0.478. The summed E-state index contributed by atoms with van der Waals surface area (Å²) in [5.41, 5.74) is 4.54. The first-order valence-electron chi connectivity index (χ1n) is 10.7. The molecule has 33 heavy (non-hydrogen) atoms. The second-order valence-electron chi connectivity index (χ2n) is 7.79. The van der Waals surface area contributed by atoms with Crippen LogP contribution >= 0.6 is 0 Å². The highest BCUT2D eigenvalue weighted by Gasteiger charge is 2.16. The van der Waals surface area contributed by atoms with Gasteiger partial charge in [0.25, 0.3) is 5.95 Å². The lowest BCUT2D eigenvalue weighted by Gasteiger charge is -2.26. The summed E-state index contributed by atoms with van der Waals surface area (Å²) in [5, 5.41) is 14.8. The van der Waals surface area contributed by atoms with Crippen molar-refractivity contribution in [1.82, 2.24) is 44.8 Å². The summed E-state index contributed by atoms with van der Waals surface area (Å²) in [6.45, 7) is 4.39. The molecule has 5 aromatic rings. The Kier molecular flexibility index (Phi) is 5.01. The molecule has 0 bridgehead atoms. The van der Waals surface area contributed by atoms with Crippen molar-refractivity contribution in [3.8, 4) is 17.5 Å². The minimum absolute atomic E-state index is 0.478. The summed E-state index contributed by atoms with van der Waals surface area (Å²) < 4.78 is 7.05. The molecule has 1 saturated heterocycles. The van der Waals surface area contributed by atoms with Crippen molar-refractivity contribution in [2.24, 2.45) is 0 Å². The third kappa shape index (κ3) is 4.06. The van der Waals surface area contributed by atoms with Crippen molar-refractivity contribution >= 4 is 22.5 Å². The first-order chi connectivity index (χ1) is 16.3. The number of ether oxygens (including phenoxy) is 1. The fourth-order valence-corrected chi connectivity index (χ4v) is 3.90. The van der Waals surface area contributed by atoms with Crippen LogP contribution in [0.5, 0.6) is 0 Å². The van der Waals surface area contributed by atoms with Crippen molar-refractivity contribution in [1.29, 1.82) is 0 Å². The quantitative estimate of drug-likeness (QED) is 0.366. The van der Waals surface area contributed by atoms with E-state index < -0.39 is 0 Å². The van der Waals surface area contributed by atoms with Gasteiger partial charge in [-0.3, -0.25) is 10.00 Å². The van der Waals surface area contributed by atoms with Gasteiger partial charge in [-0.2, -0.15) is 15.2 Å². The normalized spacial score (nSPS) is 14.7. The highest BCUT2D eigenvalue weighted by molar-refractivity contribution is 5.82. The van der Waals surface area contributed by atoms with E-state index in [1.165, 1.54) is 5.56 Å². The lowest BCUT2D eigenvalue weighted by atomic mass is 10.2. The Hall–Kier alpha value is -4.09. The van der Waals surface area contributed by atoms with Gasteiger partial charge in [0.05, 0.1) is 29.9 Å². The number of H-pyrrole nitrogens is 2. The molecule has 0 unspecified atom stereocenters. The standard InChI is InChI=1S/C22H22N10O/c1-5-25-32(7-1)22-23-6-4-19(29-22)26-18-13-24-30-20(18)21-27-16-3-2-15(12-17(16)28-21)14-31-8-10-33-11-9-31/h1-7,12-13H,8-11,14H2,(H,24,30)(H,27,28)(H,23,26,29). The highest BCUT2D eigenvalue weighted by atomic mass is 16.5. The van der Waals surface area contributed by atoms with Gasteiger partial charge >= 0.3 is 0 Å². The van der Waals surface area contributed by atoms with E-state index in [0.717, 1.165) is 49.6 Å². The van der Waals surface area contributed by atoms with Crippen LogP contribution in [-0.4, -0.2) is 71.1 Å². The van der Waals surface area contributed by atoms with Gasteiger partial charge in [-0.05, 0) is 29.8 Å². The molecule has 0 aliphatic carbocycles. The fourth-order valence-electron chi connectivity index (χ4n) is 3.90. The fraction of sp³-hybridized carbons (Fsp3) is 0.227. The van der Waals surface area contributed by atoms with E-state index >= 15 is 0 Å². The van der Waals surface area contributed by atoms with Gasteiger partial charge in [0.2, 0.25) is 0 Å². The molecule has 166 valence electrons. The van der Waals surface area contributed by atoms with Crippen LogP contribution < -0.4 is 5.32 Å². The number of aromatic amines is 2. The lowest BCUT2D eigenvalue weighted by molar-refractivity contribution is 0.0342. The Morgan fingerprint density at radius 3 is 2.91 bits per heavy atom. The molecule has 0 saturated carbocycles. The Labute approximate surface area is 188 Å². The third-order valence-electron chi connectivity index (χ3n) is 5.54. The average molecular weight is 442 g/mol. The second kappa shape index (κ2) is 8.45. The zero-order chi connectivity index (χ0) is 22.0. The van der Waals surface area contributed by atoms with Gasteiger partial charge in [0.15, 0.2) is 11.5 Å². The molecular weight excluding hydrogens is 420 g/mol. The maximum absolute atomic E-state index is 5.44. The summed E-state index contributed by atoms with van der Waals surface area (Å²) in [6, 6.07) is 9.96. The van der Waals surface area contributed by atoms with Crippen LogP contribution in [0.2, 0.25) is 0 Å². The average Bonchev–Trinajstić information content (AvgIpc) is 3.60. The zero-order valence-corrected chi connectivity index (χ0v) is 17.8. The number of aromatic nitrogens is 8. The molecule has 1 aliphatic heterocycles. The summed E-state index contributed by atoms with van der Waals surface area (Å²) in [7, 11) is 0. The molecule has 0 amide bonds. The van der Waals surface area contributed by atoms with Crippen molar-refractivity contribution in [2.75, 3.05) is 31.6 Å². The second-order valence-corrected chi connectivity index (χ2v) is 7.79. The number of morpholine rings is 1. The highest BCUT2D eigenvalue weighted by Crippen LogP contribution is 2.28. The smallest absolute Gasteiger partial charge is 0.252 e. The van der Waals surface area contributed by atoms with E-state index in [4.69, 9.17) is 9.72 Å². The maximum atomic E-state index is 5.44. The van der Waals surface area contributed by atoms with E-state index in [9.17, 15) is 0 Å². The summed E-state index contributed by atoms with van der Waals surface area (Å²) in [6.07, 6.45) is 6.95. The number of rotatable bonds is 6. The molecule has 11 heteroatoms. The van der Waals surface area contributed by atoms with Gasteiger partial charge in [0, 0.05) is 44.4 Å². The number of nitrogens with one attached hydrogen (secondary N) is 3. The van der Waals surface area contributed by atoms with Crippen molar-refractivity contribution < 1.29 is 4.74 Å². The van der Waals surface area contributed by atoms with E-state index in [2.05, 4.69) is 58.7 Å². The third-order valence-corrected chi connectivity index (χ3v) is 5.54. The topological polar surface area (TPSA) is 125 Å². The van der Waals surface area contributed by atoms with Crippen LogP contribution in [0.25, 0.3) is 28.5 Å². The molecule has 6 rings (SSSR count). The molecule has 0 atom stereocenters. The number of nitrogens with zero attached hydrogens (tertiary/aromatic N) is 7. The monoisotopic (exact) mass is 442 g/mol. The summed E-state index contributed by atoms with van der Waals surface area (Å²) in [5.74, 6) is 1.78. The first kappa shape index (κ1) is 19.6. The van der Waals surface area contributed by atoms with Gasteiger partial charge in [-0.1, -0.05) is 6.07 Å². The van der Waals surface area contributed by atoms with Crippen LogP contribution in [0.3, 0.4) is 0 Å². The van der Waals surface area contributed by atoms with Gasteiger partial charge in [-0.15, -0.1) is 0 Å². The van der Waals surface area contributed by atoms with Crippen molar-refractivity contribution in [3.63, 3.8) is 0 Å². The van der Waals surface area contributed by atoms with Crippen LogP contribution in [0.15, 0.2) is 55.1 Å². The number of fused-ring (bicyclic) bond motifs is 1. The van der Waals surface area contributed by atoms with Crippen LogP contribution in [0, 0.1) is 0 Å². The first-order valence-corrected chi connectivity index (χ1v) is 10.7.